The van der Waals surface area contributed by atoms with Crippen molar-refractivity contribution in [2.45, 2.75) is 39.4 Å². The van der Waals surface area contributed by atoms with Crippen LogP contribution in [0.25, 0.3) is 0 Å². The second-order valence-electron chi connectivity index (χ2n) is 6.29. The van der Waals surface area contributed by atoms with E-state index in [2.05, 4.69) is 13.8 Å². The molecule has 2 rings (SSSR count). The average Bonchev–Trinajstić information content (AvgIpc) is 2.50. The molecule has 1 heterocycles. The molecule has 1 fully saturated rings. The number of methoxy groups -OCH3 is 1. The van der Waals surface area contributed by atoms with E-state index in [1.807, 2.05) is 0 Å². The Labute approximate surface area is 138 Å². The second kappa shape index (κ2) is 8.31. The van der Waals surface area contributed by atoms with Gasteiger partial charge in [-0.1, -0.05) is 0 Å². The molecule has 23 heavy (non-hydrogen) atoms. The minimum absolute atomic E-state index is 0.0222. The summed E-state index contributed by atoms with van der Waals surface area (Å²) in [7, 11) is 1.59. The first kappa shape index (κ1) is 17.8. The molecule has 128 valence electrons. The number of rotatable bonds is 7. The third-order valence-corrected chi connectivity index (χ3v) is 4.12. The van der Waals surface area contributed by atoms with Gasteiger partial charge in [-0.05, 0) is 39.0 Å². The Hall–Kier alpha value is -1.59. The van der Waals surface area contributed by atoms with Gasteiger partial charge in [0.1, 0.15) is 25.3 Å². The molecule has 0 aromatic heterocycles. The number of quaternary nitrogens is 1. The molecule has 1 aliphatic rings. The van der Waals surface area contributed by atoms with Crippen molar-refractivity contribution in [3.05, 3.63) is 23.8 Å². The van der Waals surface area contributed by atoms with Gasteiger partial charge >= 0.3 is 0 Å². The molecule has 1 aliphatic heterocycles. The molecular formula is C18H28NO4+. The Morgan fingerprint density at radius 3 is 2.57 bits per heavy atom. The lowest BCUT2D eigenvalue weighted by Crippen LogP contribution is -3.15. The molecular weight excluding hydrogens is 294 g/mol. The van der Waals surface area contributed by atoms with Gasteiger partial charge in [-0.25, -0.2) is 0 Å². The molecule has 5 heteroatoms. The van der Waals surface area contributed by atoms with Crippen LogP contribution in [0, 0.1) is 0 Å². The fraction of sp³-hybridized carbons (Fsp3) is 0.611. The largest absolute Gasteiger partial charge is 0.493 e. The van der Waals surface area contributed by atoms with Crippen LogP contribution >= 0.6 is 0 Å². The van der Waals surface area contributed by atoms with Gasteiger partial charge in [0.05, 0.1) is 20.3 Å². The predicted octanol–water partition coefficient (Wildman–Crippen LogP) is 1.36. The van der Waals surface area contributed by atoms with Crippen LogP contribution in [0.5, 0.6) is 11.5 Å². The Bertz CT molecular complexity index is 522. The number of Topliss-reactive ketones (excluding diaryl/α,β-unsaturated/α-hetero) is 1. The topological polar surface area (TPSA) is 49.2 Å². The molecule has 0 bridgehead atoms. The van der Waals surface area contributed by atoms with Gasteiger partial charge in [0.15, 0.2) is 17.3 Å². The van der Waals surface area contributed by atoms with Gasteiger partial charge in [0.2, 0.25) is 0 Å². The number of carbonyl (C=O) groups excluding carboxylic acids is 1. The highest BCUT2D eigenvalue weighted by Crippen LogP contribution is 2.28. The third kappa shape index (κ3) is 5.22. The van der Waals surface area contributed by atoms with Gasteiger partial charge in [0, 0.05) is 12.0 Å². The number of hydrogen-bond donors (Lipinski definition) is 1. The summed E-state index contributed by atoms with van der Waals surface area (Å²) in [5, 5.41) is 0. The van der Waals surface area contributed by atoms with Crippen LogP contribution in [0.2, 0.25) is 0 Å². The molecule has 1 aromatic carbocycles. The van der Waals surface area contributed by atoms with Crippen LogP contribution in [0.1, 0.15) is 37.6 Å². The summed E-state index contributed by atoms with van der Waals surface area (Å²) < 4.78 is 16.9. The molecule has 3 atom stereocenters. The average molecular weight is 322 g/mol. The number of nitrogens with one attached hydrogen (secondary N) is 1. The predicted molar refractivity (Wildman–Crippen MR) is 88.7 cm³/mol. The number of ether oxygens (including phenoxy) is 3. The minimum Gasteiger partial charge on any atom is -0.493 e. The summed E-state index contributed by atoms with van der Waals surface area (Å²) in [5.74, 6) is 1.32. The highest BCUT2D eigenvalue weighted by atomic mass is 16.5. The third-order valence-electron chi connectivity index (χ3n) is 4.12. The van der Waals surface area contributed by atoms with Crippen molar-refractivity contribution in [3.63, 3.8) is 0 Å². The maximum absolute atomic E-state index is 11.4. The molecule has 0 amide bonds. The Morgan fingerprint density at radius 2 is 1.96 bits per heavy atom. The molecule has 0 saturated carbocycles. The summed E-state index contributed by atoms with van der Waals surface area (Å²) in [5.41, 5.74) is 0.634. The van der Waals surface area contributed by atoms with Crippen molar-refractivity contribution in [1.29, 1.82) is 0 Å². The van der Waals surface area contributed by atoms with Crippen molar-refractivity contribution >= 4 is 5.78 Å². The first-order valence-electron chi connectivity index (χ1n) is 8.30. The molecule has 0 spiro atoms. The molecule has 1 unspecified atom stereocenters. The molecule has 1 aromatic rings. The van der Waals surface area contributed by atoms with Crippen molar-refractivity contribution in [3.8, 4) is 11.5 Å². The Kier molecular flexibility index (Phi) is 6.42. The molecule has 5 nitrogen and oxygen atoms in total. The maximum atomic E-state index is 11.4. The SMILES string of the molecule is COc1cc(C(C)=O)ccc1OCCC[NH+]1C[C@@H](C)O[C@@H](C)C1. The van der Waals surface area contributed by atoms with Crippen LogP contribution in [0.3, 0.4) is 0 Å². The lowest BCUT2D eigenvalue weighted by Gasteiger charge is -2.32. The lowest BCUT2D eigenvalue weighted by molar-refractivity contribution is -0.915. The summed E-state index contributed by atoms with van der Waals surface area (Å²) in [4.78, 5) is 13.0. The number of morpholine rings is 1. The van der Waals surface area contributed by atoms with Gasteiger partial charge in [-0.2, -0.15) is 0 Å². The zero-order chi connectivity index (χ0) is 16.8. The van der Waals surface area contributed by atoms with Crippen LogP contribution in [0.4, 0.5) is 0 Å². The van der Waals surface area contributed by atoms with Crippen LogP contribution in [0.15, 0.2) is 18.2 Å². The molecule has 0 aliphatic carbocycles. The summed E-state index contributed by atoms with van der Waals surface area (Å²) in [6.07, 6.45) is 1.63. The first-order valence-corrected chi connectivity index (χ1v) is 8.30. The Balaban J connectivity index is 1.81. The number of ketones is 1. The normalized spacial score (nSPS) is 24.3. The van der Waals surface area contributed by atoms with E-state index in [4.69, 9.17) is 14.2 Å². The van der Waals surface area contributed by atoms with Crippen LogP contribution in [-0.2, 0) is 4.74 Å². The fourth-order valence-electron chi connectivity index (χ4n) is 3.10. The van der Waals surface area contributed by atoms with Crippen molar-refractivity contribution in [1.82, 2.24) is 0 Å². The van der Waals surface area contributed by atoms with Gasteiger partial charge < -0.3 is 19.1 Å². The standard InChI is InChI=1S/C18H27NO4/c1-13-11-19(12-14(2)23-13)8-5-9-22-17-7-6-16(15(3)20)10-18(17)21-4/h6-7,10,13-14H,5,8-9,11-12H2,1-4H3/p+1/t13-,14+. The van der Waals surface area contributed by atoms with E-state index in [0.717, 1.165) is 26.1 Å². The van der Waals surface area contributed by atoms with Crippen LogP contribution < -0.4 is 14.4 Å². The van der Waals surface area contributed by atoms with E-state index < -0.39 is 0 Å². The number of carbonyl (C=O) groups is 1. The number of hydrogen-bond acceptors (Lipinski definition) is 4. The van der Waals surface area contributed by atoms with E-state index in [1.165, 1.54) is 0 Å². The van der Waals surface area contributed by atoms with E-state index in [0.29, 0.717) is 35.9 Å². The van der Waals surface area contributed by atoms with Crippen molar-refractivity contribution in [2.75, 3.05) is 33.4 Å². The lowest BCUT2D eigenvalue weighted by atomic mass is 10.1. The first-order chi connectivity index (χ1) is 11.0. The molecule has 1 N–H and O–H groups in total. The van der Waals surface area contributed by atoms with Gasteiger partial charge in [-0.3, -0.25) is 4.79 Å². The van der Waals surface area contributed by atoms with Crippen LogP contribution in [-0.4, -0.2) is 51.3 Å². The molecule has 1 saturated heterocycles. The molecule has 0 radical (unpaired) electrons. The van der Waals surface area contributed by atoms with Crippen molar-refractivity contribution in [2.24, 2.45) is 0 Å². The quantitative estimate of drug-likeness (QED) is 0.608. The fourth-order valence-corrected chi connectivity index (χ4v) is 3.10. The summed E-state index contributed by atoms with van der Waals surface area (Å²) in [6, 6.07) is 5.31. The van der Waals surface area contributed by atoms with Gasteiger partial charge in [0.25, 0.3) is 0 Å². The highest BCUT2D eigenvalue weighted by molar-refractivity contribution is 5.94. The van der Waals surface area contributed by atoms with E-state index in [-0.39, 0.29) is 5.78 Å². The zero-order valence-electron chi connectivity index (χ0n) is 14.6. The smallest absolute Gasteiger partial charge is 0.161 e. The van der Waals surface area contributed by atoms with E-state index in [1.54, 1.807) is 37.1 Å². The highest BCUT2D eigenvalue weighted by Gasteiger charge is 2.24. The van der Waals surface area contributed by atoms with E-state index in [9.17, 15) is 4.79 Å². The monoisotopic (exact) mass is 322 g/mol. The van der Waals surface area contributed by atoms with Crippen molar-refractivity contribution < 1.29 is 23.9 Å². The second-order valence-corrected chi connectivity index (χ2v) is 6.29. The summed E-state index contributed by atoms with van der Waals surface area (Å²) in [6.45, 7) is 9.64. The van der Waals surface area contributed by atoms with Gasteiger partial charge in [-0.15, -0.1) is 0 Å². The number of benzene rings is 1. The maximum Gasteiger partial charge on any atom is 0.161 e. The minimum atomic E-state index is 0.0222. The zero-order valence-corrected chi connectivity index (χ0v) is 14.6. The van der Waals surface area contributed by atoms with E-state index >= 15 is 0 Å². The summed E-state index contributed by atoms with van der Waals surface area (Å²) >= 11 is 0. The Morgan fingerprint density at radius 1 is 1.26 bits per heavy atom.